The summed E-state index contributed by atoms with van der Waals surface area (Å²) in [4.78, 5) is 15.5. The van der Waals surface area contributed by atoms with E-state index in [0.29, 0.717) is 12.1 Å². The summed E-state index contributed by atoms with van der Waals surface area (Å²) in [5.41, 5.74) is 1.80. The van der Waals surface area contributed by atoms with Gasteiger partial charge in [0.2, 0.25) is 0 Å². The van der Waals surface area contributed by atoms with Crippen molar-refractivity contribution in [1.82, 2.24) is 10.3 Å². The lowest BCUT2D eigenvalue weighted by Gasteiger charge is -2.01. The van der Waals surface area contributed by atoms with Crippen molar-refractivity contribution < 1.29 is 4.79 Å². The predicted octanol–water partition coefficient (Wildman–Crippen LogP) is 2.72. The number of nitrogens with zero attached hydrogens (tertiary/aromatic N) is 1. The van der Waals surface area contributed by atoms with Gasteiger partial charge in [-0.25, -0.2) is 0 Å². The molecule has 1 amide bonds. The summed E-state index contributed by atoms with van der Waals surface area (Å²) in [7, 11) is 0. The highest BCUT2D eigenvalue weighted by Gasteiger charge is 2.01. The summed E-state index contributed by atoms with van der Waals surface area (Å²) in [6, 6.07) is 3.49. The Morgan fingerprint density at radius 1 is 1.53 bits per heavy atom. The standard InChI is InChI=1S/C14H18N2O/c1-3-6-12(2)7-4-10-16-14(17)13-8-5-9-15-11-13/h4-9,11H,3,10H2,1-2H3,(H,16,17). The highest BCUT2D eigenvalue weighted by Crippen LogP contribution is 1.97. The van der Waals surface area contributed by atoms with Gasteiger partial charge in [0, 0.05) is 18.9 Å². The molecular formula is C14H18N2O. The van der Waals surface area contributed by atoms with Crippen LogP contribution in [0.2, 0.25) is 0 Å². The van der Waals surface area contributed by atoms with Crippen LogP contribution in [0.15, 0.2) is 48.3 Å². The summed E-state index contributed by atoms with van der Waals surface area (Å²) < 4.78 is 0. The lowest BCUT2D eigenvalue weighted by molar-refractivity contribution is 0.0957. The fourth-order valence-corrected chi connectivity index (χ4v) is 1.39. The molecule has 3 nitrogen and oxygen atoms in total. The summed E-state index contributed by atoms with van der Waals surface area (Å²) in [5.74, 6) is -0.0973. The molecule has 1 aromatic heterocycles. The first-order valence-electron chi connectivity index (χ1n) is 5.75. The van der Waals surface area contributed by atoms with Crippen LogP contribution in [0.4, 0.5) is 0 Å². The second-order valence-electron chi connectivity index (χ2n) is 3.71. The Labute approximate surface area is 102 Å². The van der Waals surface area contributed by atoms with Gasteiger partial charge in [-0.15, -0.1) is 0 Å². The van der Waals surface area contributed by atoms with E-state index in [1.807, 2.05) is 19.1 Å². The van der Waals surface area contributed by atoms with Crippen molar-refractivity contribution in [2.75, 3.05) is 6.54 Å². The van der Waals surface area contributed by atoms with Crippen LogP contribution in [-0.2, 0) is 0 Å². The van der Waals surface area contributed by atoms with Crippen molar-refractivity contribution in [3.05, 3.63) is 53.9 Å². The van der Waals surface area contributed by atoms with E-state index < -0.39 is 0 Å². The third-order valence-corrected chi connectivity index (χ3v) is 2.21. The summed E-state index contributed by atoms with van der Waals surface area (Å²) in [5, 5.41) is 2.80. The van der Waals surface area contributed by atoms with Gasteiger partial charge in [-0.1, -0.05) is 30.7 Å². The molecule has 0 aliphatic rings. The van der Waals surface area contributed by atoms with Gasteiger partial charge in [0.05, 0.1) is 5.56 Å². The van der Waals surface area contributed by atoms with Crippen molar-refractivity contribution >= 4 is 5.91 Å². The lowest BCUT2D eigenvalue weighted by Crippen LogP contribution is -2.23. The van der Waals surface area contributed by atoms with Crippen molar-refractivity contribution in [2.24, 2.45) is 0 Å². The zero-order valence-electron chi connectivity index (χ0n) is 10.3. The molecule has 17 heavy (non-hydrogen) atoms. The summed E-state index contributed by atoms with van der Waals surface area (Å²) >= 11 is 0. The molecule has 1 N–H and O–H groups in total. The maximum Gasteiger partial charge on any atom is 0.253 e. The Hall–Kier alpha value is -1.90. The van der Waals surface area contributed by atoms with E-state index in [1.165, 1.54) is 5.57 Å². The lowest BCUT2D eigenvalue weighted by atomic mass is 10.2. The van der Waals surface area contributed by atoms with Crippen LogP contribution in [0.5, 0.6) is 0 Å². The van der Waals surface area contributed by atoms with Gasteiger partial charge in [0.1, 0.15) is 0 Å². The molecule has 90 valence electrons. The van der Waals surface area contributed by atoms with Crippen molar-refractivity contribution in [3.63, 3.8) is 0 Å². The molecule has 0 saturated heterocycles. The molecule has 3 heteroatoms. The van der Waals surface area contributed by atoms with Gasteiger partial charge in [-0.2, -0.15) is 0 Å². The number of hydrogen-bond donors (Lipinski definition) is 1. The molecule has 0 radical (unpaired) electrons. The molecule has 1 rings (SSSR count). The second kappa shape index (κ2) is 7.39. The van der Waals surface area contributed by atoms with Crippen LogP contribution in [-0.4, -0.2) is 17.4 Å². The van der Waals surface area contributed by atoms with Crippen LogP contribution in [0.25, 0.3) is 0 Å². The first-order valence-corrected chi connectivity index (χ1v) is 5.75. The molecule has 0 aromatic carbocycles. The maximum absolute atomic E-state index is 11.6. The summed E-state index contributed by atoms with van der Waals surface area (Å²) in [6.07, 6.45) is 10.3. The molecule has 0 saturated carbocycles. The van der Waals surface area contributed by atoms with Crippen LogP contribution >= 0.6 is 0 Å². The number of amides is 1. The van der Waals surface area contributed by atoms with Crippen LogP contribution in [0, 0.1) is 0 Å². The fraction of sp³-hybridized carbons (Fsp3) is 0.286. The molecule has 0 atom stereocenters. The normalized spacial score (nSPS) is 11.8. The number of carbonyl (C=O) groups is 1. The SMILES string of the molecule is CCC=C(C)C=CCNC(=O)c1cccnc1. The Morgan fingerprint density at radius 3 is 3.00 bits per heavy atom. The zero-order chi connectivity index (χ0) is 12.5. The third-order valence-electron chi connectivity index (χ3n) is 2.21. The Balaban J connectivity index is 2.37. The molecule has 0 spiro atoms. The second-order valence-corrected chi connectivity index (χ2v) is 3.71. The van der Waals surface area contributed by atoms with Crippen LogP contribution in [0.1, 0.15) is 30.6 Å². The van der Waals surface area contributed by atoms with E-state index in [9.17, 15) is 4.79 Å². The molecule has 0 aliphatic heterocycles. The highest BCUT2D eigenvalue weighted by atomic mass is 16.1. The van der Waals surface area contributed by atoms with E-state index in [1.54, 1.807) is 24.5 Å². The molecule has 0 bridgehead atoms. The number of hydrogen-bond acceptors (Lipinski definition) is 2. The van der Waals surface area contributed by atoms with Gasteiger partial charge >= 0.3 is 0 Å². The number of allylic oxidation sites excluding steroid dienone is 3. The molecule has 0 unspecified atom stereocenters. The minimum Gasteiger partial charge on any atom is -0.349 e. The van der Waals surface area contributed by atoms with Gasteiger partial charge < -0.3 is 5.32 Å². The molecule has 1 heterocycles. The monoisotopic (exact) mass is 230 g/mol. The maximum atomic E-state index is 11.6. The van der Waals surface area contributed by atoms with E-state index in [2.05, 4.69) is 23.3 Å². The molecule has 1 aromatic rings. The van der Waals surface area contributed by atoms with Crippen molar-refractivity contribution in [3.8, 4) is 0 Å². The van der Waals surface area contributed by atoms with E-state index in [-0.39, 0.29) is 5.91 Å². The smallest absolute Gasteiger partial charge is 0.253 e. The number of aromatic nitrogens is 1. The molecule has 0 aliphatic carbocycles. The quantitative estimate of drug-likeness (QED) is 0.790. The Bertz CT molecular complexity index is 407. The first-order chi connectivity index (χ1) is 8.24. The summed E-state index contributed by atoms with van der Waals surface area (Å²) in [6.45, 7) is 4.67. The minimum atomic E-state index is -0.0973. The predicted molar refractivity (Wildman–Crippen MR) is 69.8 cm³/mol. The highest BCUT2D eigenvalue weighted by molar-refractivity contribution is 5.93. The van der Waals surface area contributed by atoms with Gasteiger partial charge in [-0.05, 0) is 25.5 Å². The molecular weight excluding hydrogens is 212 g/mol. The van der Waals surface area contributed by atoms with E-state index in [0.717, 1.165) is 6.42 Å². The first kappa shape index (κ1) is 13.2. The van der Waals surface area contributed by atoms with Crippen LogP contribution in [0.3, 0.4) is 0 Å². The van der Waals surface area contributed by atoms with Crippen molar-refractivity contribution in [2.45, 2.75) is 20.3 Å². The third kappa shape index (κ3) is 5.11. The average molecular weight is 230 g/mol. The number of pyridine rings is 1. The van der Waals surface area contributed by atoms with E-state index in [4.69, 9.17) is 0 Å². The average Bonchev–Trinajstić information content (AvgIpc) is 2.36. The number of rotatable bonds is 5. The van der Waals surface area contributed by atoms with Gasteiger partial charge in [-0.3, -0.25) is 9.78 Å². The fourth-order valence-electron chi connectivity index (χ4n) is 1.39. The topological polar surface area (TPSA) is 42.0 Å². The Kier molecular flexibility index (Phi) is 5.72. The zero-order valence-corrected chi connectivity index (χ0v) is 10.3. The van der Waals surface area contributed by atoms with Gasteiger partial charge in [0.25, 0.3) is 5.91 Å². The van der Waals surface area contributed by atoms with E-state index >= 15 is 0 Å². The number of nitrogens with one attached hydrogen (secondary N) is 1. The Morgan fingerprint density at radius 2 is 2.35 bits per heavy atom. The number of carbonyl (C=O) groups excluding carboxylic acids is 1. The molecule has 0 fully saturated rings. The van der Waals surface area contributed by atoms with Crippen LogP contribution < -0.4 is 5.32 Å². The van der Waals surface area contributed by atoms with Gasteiger partial charge in [0.15, 0.2) is 0 Å². The largest absolute Gasteiger partial charge is 0.349 e. The van der Waals surface area contributed by atoms with Crippen molar-refractivity contribution in [1.29, 1.82) is 0 Å². The minimum absolute atomic E-state index is 0.0973.